The minimum absolute atomic E-state index is 0.0412. The molecule has 1 aliphatic rings. The summed E-state index contributed by atoms with van der Waals surface area (Å²) in [7, 11) is -3.94. The fourth-order valence-electron chi connectivity index (χ4n) is 3.51. The first-order valence-corrected chi connectivity index (χ1v) is 11.3. The molecule has 154 valence electrons. The van der Waals surface area contributed by atoms with E-state index in [4.69, 9.17) is 4.18 Å². The Labute approximate surface area is 173 Å². The first-order valence-electron chi connectivity index (χ1n) is 9.88. The minimum atomic E-state index is -3.94. The number of hydrogen-bond donors (Lipinski definition) is 0. The first kappa shape index (κ1) is 21.3. The van der Waals surface area contributed by atoms with Crippen LogP contribution in [0.4, 0.5) is 0 Å². The zero-order chi connectivity index (χ0) is 20.9. The Hall–Kier alpha value is -2.44. The molecule has 0 aliphatic carbocycles. The summed E-state index contributed by atoms with van der Waals surface area (Å²) in [4.78, 5) is 15.3. The lowest BCUT2D eigenvalue weighted by Gasteiger charge is -2.30. The number of likely N-dealkylation sites (tertiary alicyclic amines) is 1. The van der Waals surface area contributed by atoms with Crippen LogP contribution in [0.15, 0.2) is 65.6 Å². The SMILES string of the molecule is CC=CCN1CCC(C(=O)c2cccc(OS(=O)(=O)c3cccc(C)c3)c2)CC1. The van der Waals surface area contributed by atoms with Crippen molar-refractivity contribution in [3.05, 3.63) is 71.8 Å². The van der Waals surface area contributed by atoms with Gasteiger partial charge in [0.1, 0.15) is 10.6 Å². The Bertz CT molecular complexity index is 989. The smallest absolute Gasteiger partial charge is 0.339 e. The van der Waals surface area contributed by atoms with Crippen LogP contribution in [0.25, 0.3) is 0 Å². The molecule has 1 saturated heterocycles. The highest BCUT2D eigenvalue weighted by Crippen LogP contribution is 2.25. The van der Waals surface area contributed by atoms with Crippen molar-refractivity contribution in [3.63, 3.8) is 0 Å². The molecule has 0 saturated carbocycles. The van der Waals surface area contributed by atoms with E-state index >= 15 is 0 Å². The van der Waals surface area contributed by atoms with Gasteiger partial charge in [0.05, 0.1) is 0 Å². The average molecular weight is 414 g/mol. The number of ketones is 1. The summed E-state index contributed by atoms with van der Waals surface area (Å²) in [5.74, 6) is 0.164. The van der Waals surface area contributed by atoms with E-state index in [1.165, 1.54) is 12.1 Å². The summed E-state index contributed by atoms with van der Waals surface area (Å²) in [5.41, 5.74) is 1.33. The van der Waals surface area contributed by atoms with Gasteiger partial charge in [-0.25, -0.2) is 0 Å². The zero-order valence-electron chi connectivity index (χ0n) is 16.9. The Morgan fingerprint density at radius 1 is 1.14 bits per heavy atom. The van der Waals surface area contributed by atoms with E-state index in [2.05, 4.69) is 11.0 Å². The summed E-state index contributed by atoms with van der Waals surface area (Å²) in [6.07, 6.45) is 5.78. The highest BCUT2D eigenvalue weighted by molar-refractivity contribution is 7.87. The van der Waals surface area contributed by atoms with Crippen molar-refractivity contribution in [1.29, 1.82) is 0 Å². The highest BCUT2D eigenvalue weighted by Gasteiger charge is 2.26. The standard InChI is InChI=1S/C23H27NO4S/c1-3-4-13-24-14-11-19(12-15-24)23(25)20-8-6-9-21(17-20)28-29(26,27)22-10-5-7-18(2)16-22/h3-10,16-17,19H,11-15H2,1-2H3. The van der Waals surface area contributed by atoms with Crippen LogP contribution in [0.3, 0.4) is 0 Å². The van der Waals surface area contributed by atoms with Gasteiger partial charge in [0.25, 0.3) is 0 Å². The molecule has 0 atom stereocenters. The molecule has 1 fully saturated rings. The van der Waals surface area contributed by atoms with Crippen LogP contribution in [-0.4, -0.2) is 38.7 Å². The minimum Gasteiger partial charge on any atom is -0.379 e. The van der Waals surface area contributed by atoms with Gasteiger partial charge in [-0.15, -0.1) is 0 Å². The number of benzene rings is 2. The van der Waals surface area contributed by atoms with Crippen molar-refractivity contribution in [1.82, 2.24) is 4.90 Å². The number of carbonyl (C=O) groups excluding carboxylic acids is 1. The van der Waals surface area contributed by atoms with Gasteiger partial charge in [0.2, 0.25) is 0 Å². The number of nitrogens with zero attached hydrogens (tertiary/aromatic N) is 1. The van der Waals surface area contributed by atoms with Crippen LogP contribution in [0, 0.1) is 12.8 Å². The van der Waals surface area contributed by atoms with E-state index in [0.29, 0.717) is 5.56 Å². The third-order valence-corrected chi connectivity index (χ3v) is 6.40. The monoisotopic (exact) mass is 413 g/mol. The Kier molecular flexibility index (Phi) is 6.87. The molecule has 2 aromatic rings. The van der Waals surface area contributed by atoms with Gasteiger partial charge < -0.3 is 4.18 Å². The fourth-order valence-corrected chi connectivity index (χ4v) is 4.54. The van der Waals surface area contributed by atoms with Crippen LogP contribution in [0.2, 0.25) is 0 Å². The molecule has 2 aromatic carbocycles. The summed E-state index contributed by atoms with van der Waals surface area (Å²) < 4.78 is 30.4. The molecule has 29 heavy (non-hydrogen) atoms. The second-order valence-corrected chi connectivity index (χ2v) is 8.94. The number of carbonyl (C=O) groups is 1. The van der Waals surface area contributed by atoms with E-state index in [-0.39, 0.29) is 22.3 Å². The maximum absolute atomic E-state index is 12.9. The van der Waals surface area contributed by atoms with Crippen molar-refractivity contribution in [3.8, 4) is 5.75 Å². The zero-order valence-corrected chi connectivity index (χ0v) is 17.7. The van der Waals surface area contributed by atoms with Gasteiger partial charge in [0.15, 0.2) is 5.78 Å². The van der Waals surface area contributed by atoms with Gasteiger partial charge in [-0.1, -0.05) is 36.4 Å². The molecule has 0 unspecified atom stereocenters. The quantitative estimate of drug-likeness (QED) is 0.386. The molecule has 0 aromatic heterocycles. The number of rotatable bonds is 7. The molecule has 0 amide bonds. The molecular formula is C23H27NO4S. The normalized spacial score (nSPS) is 16.2. The average Bonchev–Trinajstić information content (AvgIpc) is 2.72. The lowest BCUT2D eigenvalue weighted by molar-refractivity contribution is 0.0848. The number of Topliss-reactive ketones (excluding diaryl/α,β-unsaturated/α-hetero) is 1. The number of allylic oxidation sites excluding steroid dienone is 1. The predicted molar refractivity (Wildman–Crippen MR) is 114 cm³/mol. The molecule has 1 heterocycles. The summed E-state index contributed by atoms with van der Waals surface area (Å²) in [6.45, 7) is 6.52. The fraction of sp³-hybridized carbons (Fsp3) is 0.348. The third kappa shape index (κ3) is 5.55. The van der Waals surface area contributed by atoms with E-state index in [0.717, 1.165) is 38.0 Å². The van der Waals surface area contributed by atoms with Gasteiger partial charge >= 0.3 is 10.1 Å². The summed E-state index contributed by atoms with van der Waals surface area (Å²) in [6, 6.07) is 13.0. The Balaban J connectivity index is 1.69. The molecule has 0 spiro atoms. The Morgan fingerprint density at radius 2 is 1.86 bits per heavy atom. The third-order valence-electron chi connectivity index (χ3n) is 5.16. The highest BCUT2D eigenvalue weighted by atomic mass is 32.2. The maximum Gasteiger partial charge on any atom is 0.339 e. The summed E-state index contributed by atoms with van der Waals surface area (Å²) >= 11 is 0. The van der Waals surface area contributed by atoms with Gasteiger partial charge in [-0.3, -0.25) is 9.69 Å². The van der Waals surface area contributed by atoms with Crippen molar-refractivity contribution >= 4 is 15.9 Å². The number of hydrogen-bond acceptors (Lipinski definition) is 5. The van der Waals surface area contributed by atoms with E-state index in [1.807, 2.05) is 26.0 Å². The molecule has 6 heteroatoms. The Morgan fingerprint density at radius 3 is 2.55 bits per heavy atom. The van der Waals surface area contributed by atoms with Crippen LogP contribution < -0.4 is 4.18 Å². The predicted octanol–water partition coefficient (Wildman–Crippen LogP) is 4.23. The van der Waals surface area contributed by atoms with Gasteiger partial charge in [0, 0.05) is 18.0 Å². The molecule has 0 radical (unpaired) electrons. The largest absolute Gasteiger partial charge is 0.379 e. The second-order valence-electron chi connectivity index (χ2n) is 7.39. The lowest BCUT2D eigenvalue weighted by atomic mass is 9.89. The van der Waals surface area contributed by atoms with Crippen LogP contribution >= 0.6 is 0 Å². The topological polar surface area (TPSA) is 63.7 Å². The van der Waals surface area contributed by atoms with Crippen molar-refractivity contribution < 1.29 is 17.4 Å². The number of aryl methyl sites for hydroxylation is 1. The van der Waals surface area contributed by atoms with E-state index in [9.17, 15) is 13.2 Å². The van der Waals surface area contributed by atoms with Crippen molar-refractivity contribution in [2.75, 3.05) is 19.6 Å². The molecule has 0 N–H and O–H groups in total. The van der Waals surface area contributed by atoms with Crippen molar-refractivity contribution in [2.45, 2.75) is 31.6 Å². The molecule has 5 nitrogen and oxygen atoms in total. The molecule has 0 bridgehead atoms. The van der Waals surface area contributed by atoms with E-state index < -0.39 is 10.1 Å². The molecule has 3 rings (SSSR count). The van der Waals surface area contributed by atoms with Crippen LogP contribution in [0.1, 0.15) is 35.7 Å². The molecular weight excluding hydrogens is 386 g/mol. The summed E-state index contributed by atoms with van der Waals surface area (Å²) in [5, 5.41) is 0. The van der Waals surface area contributed by atoms with Gasteiger partial charge in [-0.2, -0.15) is 8.42 Å². The van der Waals surface area contributed by atoms with Crippen LogP contribution in [-0.2, 0) is 10.1 Å². The second kappa shape index (κ2) is 9.37. The maximum atomic E-state index is 12.9. The van der Waals surface area contributed by atoms with Crippen molar-refractivity contribution in [2.24, 2.45) is 5.92 Å². The lowest BCUT2D eigenvalue weighted by Crippen LogP contribution is -2.36. The van der Waals surface area contributed by atoms with Gasteiger partial charge in [-0.05, 0) is 69.6 Å². The van der Waals surface area contributed by atoms with Crippen LogP contribution in [0.5, 0.6) is 5.75 Å². The molecule has 1 aliphatic heterocycles. The van der Waals surface area contributed by atoms with E-state index in [1.54, 1.807) is 30.3 Å². The number of piperidine rings is 1. The first-order chi connectivity index (χ1) is 13.9.